The van der Waals surface area contributed by atoms with E-state index in [1.54, 1.807) is 33.6 Å². The summed E-state index contributed by atoms with van der Waals surface area (Å²) in [7, 11) is 4.02. The summed E-state index contributed by atoms with van der Waals surface area (Å²) in [4.78, 5) is 17.6. The summed E-state index contributed by atoms with van der Waals surface area (Å²) in [6, 6.07) is 22.3. The normalized spacial score (nSPS) is 15.4. The van der Waals surface area contributed by atoms with Gasteiger partial charge in [0, 0.05) is 24.1 Å². The van der Waals surface area contributed by atoms with Gasteiger partial charge in [0.25, 0.3) is 10.6 Å². The van der Waals surface area contributed by atoms with Crippen molar-refractivity contribution in [2.45, 2.75) is 4.90 Å². The Morgan fingerprint density at radius 1 is 1.03 bits per heavy atom. The lowest BCUT2D eigenvalue weighted by Crippen LogP contribution is -2.35. The van der Waals surface area contributed by atoms with Crippen LogP contribution in [0.2, 0.25) is 0 Å². The molecule has 0 aliphatic carbocycles. The highest BCUT2D eigenvalue weighted by Crippen LogP contribution is 2.45. The molecule has 4 heterocycles. The molecule has 0 saturated carbocycles. The quantitative estimate of drug-likeness (QED) is 0.342. The number of hydrogen-bond donors (Lipinski definition) is 0. The first-order chi connectivity index (χ1) is 16.1. The van der Waals surface area contributed by atoms with E-state index in [9.17, 15) is 10.1 Å². The van der Waals surface area contributed by atoms with E-state index in [0.717, 1.165) is 31.5 Å². The van der Waals surface area contributed by atoms with Crippen molar-refractivity contribution in [1.82, 2.24) is 4.40 Å². The Hall–Kier alpha value is -3.38. The van der Waals surface area contributed by atoms with Gasteiger partial charge in [-0.15, -0.1) is 11.3 Å². The molecular weight excluding hydrogens is 469 g/mol. The Kier molecular flexibility index (Phi) is 4.66. The molecule has 0 spiro atoms. The summed E-state index contributed by atoms with van der Waals surface area (Å²) in [5.74, 6) is 0. The van der Waals surface area contributed by atoms with Crippen molar-refractivity contribution in [2.75, 3.05) is 11.9 Å². The number of nitriles is 1. The molecule has 0 amide bonds. The van der Waals surface area contributed by atoms with Crippen LogP contribution in [0.1, 0.15) is 10.6 Å². The van der Waals surface area contributed by atoms with Gasteiger partial charge in [0.1, 0.15) is 32.2 Å². The van der Waals surface area contributed by atoms with Crippen molar-refractivity contribution in [3.05, 3.63) is 91.5 Å². The third-order valence-electron chi connectivity index (χ3n) is 5.80. The second-order valence-corrected chi connectivity index (χ2v) is 10.8. The van der Waals surface area contributed by atoms with Gasteiger partial charge in [-0.2, -0.15) is 9.83 Å². The number of aryl methyl sites for hydroxylation is 1. The largest absolute Gasteiger partial charge is 0.337 e. The number of nitrogens with zero attached hydrogens (tertiary/aromatic N) is 4. The minimum Gasteiger partial charge on any atom is -0.337 e. The van der Waals surface area contributed by atoms with Gasteiger partial charge in [-0.05, 0) is 30.3 Å². The Bertz CT molecular complexity index is 1820. The zero-order chi connectivity index (χ0) is 22.7. The molecule has 8 heteroatoms. The maximum absolute atomic E-state index is 13.7. The van der Waals surface area contributed by atoms with Gasteiger partial charge in [0.2, 0.25) is 5.52 Å². The van der Waals surface area contributed by atoms with E-state index in [1.807, 2.05) is 50.5 Å². The Labute approximate surface area is 201 Å². The van der Waals surface area contributed by atoms with Gasteiger partial charge in [-0.1, -0.05) is 47.4 Å². The molecule has 5 nitrogen and oxygen atoms in total. The third-order valence-corrected chi connectivity index (χ3v) is 9.50. The molecule has 6 rings (SSSR count). The van der Waals surface area contributed by atoms with Crippen LogP contribution in [0, 0.1) is 11.3 Å². The van der Waals surface area contributed by atoms with E-state index in [4.69, 9.17) is 0 Å². The Morgan fingerprint density at radius 3 is 2.61 bits per heavy atom. The van der Waals surface area contributed by atoms with Crippen LogP contribution in [-0.2, 0) is 7.05 Å². The molecule has 3 aromatic heterocycles. The average molecular weight is 486 g/mol. The van der Waals surface area contributed by atoms with Crippen molar-refractivity contribution in [3.8, 4) is 6.07 Å². The van der Waals surface area contributed by atoms with Crippen molar-refractivity contribution in [1.29, 1.82) is 5.26 Å². The summed E-state index contributed by atoms with van der Waals surface area (Å²) in [6.45, 7) is 0. The highest BCUT2D eigenvalue weighted by Gasteiger charge is 2.25. The molecule has 0 saturated heterocycles. The number of benzene rings is 2. The molecule has 0 radical (unpaired) electrons. The number of aromatic nitrogens is 2. The lowest BCUT2D eigenvalue weighted by Gasteiger charge is -2.11. The zero-order valence-electron chi connectivity index (χ0n) is 17.8. The number of pyridine rings is 1. The maximum atomic E-state index is 13.7. The van der Waals surface area contributed by atoms with Crippen LogP contribution in [-0.4, -0.2) is 11.4 Å². The molecular formula is C25H17N4OS3+. The van der Waals surface area contributed by atoms with Gasteiger partial charge in [0.05, 0.1) is 16.6 Å². The van der Waals surface area contributed by atoms with Crippen LogP contribution >= 0.6 is 34.4 Å². The highest BCUT2D eigenvalue weighted by molar-refractivity contribution is 8.08. The monoisotopic (exact) mass is 485 g/mol. The summed E-state index contributed by atoms with van der Waals surface area (Å²) in [6.07, 6.45) is 2.03. The summed E-state index contributed by atoms with van der Waals surface area (Å²) in [5, 5.41) is 12.4. The number of thioether (sulfide) groups is 1. The lowest BCUT2D eigenvalue weighted by molar-refractivity contribution is -0.642. The Balaban J connectivity index is 1.66. The predicted octanol–water partition coefficient (Wildman–Crippen LogP) is 3.41. The number of thiazole rings is 2. The molecule has 0 fully saturated rings. The fraction of sp³-hybridized carbons (Fsp3) is 0.0800. The lowest BCUT2D eigenvalue weighted by atomic mass is 10.3. The van der Waals surface area contributed by atoms with E-state index < -0.39 is 0 Å². The molecule has 5 aromatic rings. The molecule has 0 bridgehead atoms. The first kappa shape index (κ1) is 20.2. The van der Waals surface area contributed by atoms with E-state index in [2.05, 4.69) is 39.8 Å². The smallest absolute Gasteiger partial charge is 0.276 e. The van der Waals surface area contributed by atoms with Gasteiger partial charge in [-0.3, -0.25) is 9.20 Å². The third kappa shape index (κ3) is 3.04. The fourth-order valence-corrected chi connectivity index (χ4v) is 7.64. The molecule has 1 aliphatic rings. The molecule has 0 unspecified atom stereocenters. The highest BCUT2D eigenvalue weighted by atomic mass is 32.2. The van der Waals surface area contributed by atoms with E-state index >= 15 is 0 Å². The first-order valence-electron chi connectivity index (χ1n) is 10.3. The first-order valence-corrected chi connectivity index (χ1v) is 12.7. The minimum absolute atomic E-state index is 0.0933. The second kappa shape index (κ2) is 7.59. The standard InChI is InChI=1S/C25H17N4OS3/c1-27-17-7-3-5-9-19(17)31-21(27)13-16-12-11-15(14-26)24-29(16)23(30)22(33-24)25-28(2)18-8-4-6-10-20(18)32-25/h3-13H,1-2H3/q+1/b25-22-. The average Bonchev–Trinajstić information content (AvgIpc) is 3.46. The molecule has 33 heavy (non-hydrogen) atoms. The van der Waals surface area contributed by atoms with Crippen LogP contribution < -0.4 is 24.9 Å². The molecule has 2 aromatic carbocycles. The van der Waals surface area contributed by atoms with E-state index in [1.165, 1.54) is 16.0 Å². The van der Waals surface area contributed by atoms with Gasteiger partial charge < -0.3 is 4.90 Å². The number of hydrogen-bond acceptors (Lipinski definition) is 6. The van der Waals surface area contributed by atoms with Crippen molar-refractivity contribution < 1.29 is 4.57 Å². The van der Waals surface area contributed by atoms with Crippen molar-refractivity contribution in [3.63, 3.8) is 0 Å². The SMILES string of the molecule is CN1/C(=c2/sc3c(C#N)ccc(=Cc4sc5ccccc5[n+]4C)n3c2=O)Sc2ccccc21. The molecule has 0 N–H and O–H groups in total. The molecule has 0 atom stereocenters. The van der Waals surface area contributed by atoms with Crippen LogP contribution in [0.25, 0.3) is 26.2 Å². The predicted molar refractivity (Wildman–Crippen MR) is 136 cm³/mol. The van der Waals surface area contributed by atoms with Crippen LogP contribution in [0.5, 0.6) is 0 Å². The Morgan fingerprint density at radius 2 is 1.82 bits per heavy atom. The summed E-state index contributed by atoms with van der Waals surface area (Å²) < 4.78 is 5.66. The minimum atomic E-state index is -0.0933. The zero-order valence-corrected chi connectivity index (χ0v) is 20.2. The summed E-state index contributed by atoms with van der Waals surface area (Å²) in [5.41, 5.74) is 2.65. The van der Waals surface area contributed by atoms with Gasteiger partial charge in [0.15, 0.2) is 0 Å². The number of fused-ring (bicyclic) bond motifs is 3. The van der Waals surface area contributed by atoms with Crippen molar-refractivity contribution >= 4 is 66.3 Å². The molecule has 160 valence electrons. The molecule has 1 aliphatic heterocycles. The van der Waals surface area contributed by atoms with Crippen LogP contribution in [0.4, 0.5) is 5.69 Å². The van der Waals surface area contributed by atoms with Gasteiger partial charge in [-0.25, -0.2) is 0 Å². The van der Waals surface area contributed by atoms with E-state index in [-0.39, 0.29) is 5.56 Å². The fourth-order valence-electron chi connectivity index (χ4n) is 4.11. The van der Waals surface area contributed by atoms with Crippen LogP contribution in [0.15, 0.2) is 70.4 Å². The van der Waals surface area contributed by atoms with E-state index in [0.29, 0.717) is 14.9 Å². The van der Waals surface area contributed by atoms with Gasteiger partial charge >= 0.3 is 0 Å². The topological polar surface area (TPSA) is 52.4 Å². The van der Waals surface area contributed by atoms with Crippen molar-refractivity contribution in [2.24, 2.45) is 7.05 Å². The number of para-hydroxylation sites is 2. The number of anilines is 1. The second-order valence-electron chi connectivity index (χ2n) is 7.71. The maximum Gasteiger partial charge on any atom is 0.276 e. The van der Waals surface area contributed by atoms with Crippen LogP contribution in [0.3, 0.4) is 0 Å². The number of rotatable bonds is 1. The summed E-state index contributed by atoms with van der Waals surface area (Å²) >= 11 is 4.67.